The van der Waals surface area contributed by atoms with Gasteiger partial charge in [0.25, 0.3) is 0 Å². The number of amides is 1. The molecule has 0 aliphatic carbocycles. The van der Waals surface area contributed by atoms with Crippen LogP contribution in [0.5, 0.6) is 5.88 Å². The van der Waals surface area contributed by atoms with E-state index in [0.717, 1.165) is 18.0 Å². The predicted molar refractivity (Wildman–Crippen MR) is 129 cm³/mol. The van der Waals surface area contributed by atoms with E-state index >= 15 is 0 Å². The summed E-state index contributed by atoms with van der Waals surface area (Å²) in [6.07, 6.45) is 1.47. The number of carbonyl (C=O) groups excluding carboxylic acids is 3. The van der Waals surface area contributed by atoms with Gasteiger partial charge in [-0.1, -0.05) is 0 Å². The van der Waals surface area contributed by atoms with Gasteiger partial charge >= 0.3 is 23.9 Å². The van der Waals surface area contributed by atoms with Crippen molar-refractivity contribution in [3.63, 3.8) is 0 Å². The maximum absolute atomic E-state index is 13.2. The van der Waals surface area contributed by atoms with E-state index in [1.807, 2.05) is 22.9 Å². The molecule has 0 aromatic carbocycles. The first-order chi connectivity index (χ1) is 15.9. The molecule has 0 unspecified atom stereocenters. The highest BCUT2D eigenvalue weighted by Gasteiger charge is 2.35. The molecule has 9 heteroatoms. The van der Waals surface area contributed by atoms with Crippen molar-refractivity contribution < 1.29 is 37.9 Å². The lowest BCUT2D eigenvalue weighted by atomic mass is 9.92. The van der Waals surface area contributed by atoms with E-state index in [1.54, 1.807) is 62.3 Å². The van der Waals surface area contributed by atoms with Crippen molar-refractivity contribution in [1.29, 1.82) is 0 Å². The minimum atomic E-state index is -1.10. The summed E-state index contributed by atoms with van der Waals surface area (Å²) in [6.45, 7) is 17.1. The Hall–Kier alpha value is -2.84. The summed E-state index contributed by atoms with van der Waals surface area (Å²) in [6, 6.07) is 2.64. The number of fused-ring (bicyclic) bond motifs is 1. The molecular formula is C26H41N2O7+. The number of hydrogen-bond donors (Lipinski definition) is 1. The molecule has 0 radical (unpaired) electrons. The van der Waals surface area contributed by atoms with E-state index in [9.17, 15) is 14.4 Å². The molecule has 1 aromatic rings. The summed E-state index contributed by atoms with van der Waals surface area (Å²) in [5.41, 5.74) is -1.36. The fourth-order valence-electron chi connectivity index (χ4n) is 3.51. The Morgan fingerprint density at radius 2 is 1.49 bits per heavy atom. The molecule has 1 aliphatic heterocycles. The van der Waals surface area contributed by atoms with Crippen LogP contribution in [-0.2, 0) is 36.8 Å². The van der Waals surface area contributed by atoms with Crippen molar-refractivity contribution in [2.24, 2.45) is 5.92 Å². The summed E-state index contributed by atoms with van der Waals surface area (Å²) in [5, 5.41) is 2.60. The van der Waals surface area contributed by atoms with Gasteiger partial charge in [-0.15, -0.1) is 0 Å². The van der Waals surface area contributed by atoms with Gasteiger partial charge in [-0.25, -0.2) is 9.59 Å². The number of nitrogens with one attached hydrogen (secondary N) is 1. The van der Waals surface area contributed by atoms with Crippen LogP contribution in [0.1, 0.15) is 74.3 Å². The van der Waals surface area contributed by atoms with E-state index in [0.29, 0.717) is 13.0 Å². The molecule has 2 heterocycles. The second kappa shape index (κ2) is 10.8. The number of carbonyl (C=O) groups is 3. The number of ether oxygens (including phenoxy) is 4. The third-order valence-corrected chi connectivity index (χ3v) is 4.75. The third kappa shape index (κ3) is 10.1. The highest BCUT2D eigenvalue weighted by atomic mass is 16.6. The van der Waals surface area contributed by atoms with Crippen molar-refractivity contribution in [3.05, 3.63) is 23.9 Å². The summed E-state index contributed by atoms with van der Waals surface area (Å²) in [7, 11) is 0. The van der Waals surface area contributed by atoms with Gasteiger partial charge in [0.05, 0.1) is 12.0 Å². The number of pyridine rings is 1. The van der Waals surface area contributed by atoms with Crippen LogP contribution in [0.25, 0.3) is 0 Å². The zero-order valence-corrected chi connectivity index (χ0v) is 22.5. The largest absolute Gasteiger partial charge is 0.460 e. The first-order valence-corrected chi connectivity index (χ1v) is 12.0. The minimum absolute atomic E-state index is 0.0126. The first-order valence-electron chi connectivity index (χ1n) is 12.0. The Morgan fingerprint density at radius 3 is 2.06 bits per heavy atom. The molecule has 35 heavy (non-hydrogen) atoms. The number of rotatable bonds is 7. The van der Waals surface area contributed by atoms with Gasteiger partial charge in [0.15, 0.2) is 19.3 Å². The molecular weight excluding hydrogens is 452 g/mol. The number of nitrogens with zero attached hydrogens (tertiary/aromatic N) is 1. The third-order valence-electron chi connectivity index (χ3n) is 4.75. The Labute approximate surface area is 208 Å². The second-order valence-corrected chi connectivity index (χ2v) is 11.8. The number of esters is 2. The van der Waals surface area contributed by atoms with Crippen molar-refractivity contribution in [3.8, 4) is 5.88 Å². The predicted octanol–water partition coefficient (Wildman–Crippen LogP) is 3.49. The van der Waals surface area contributed by atoms with Crippen LogP contribution in [0.3, 0.4) is 0 Å². The van der Waals surface area contributed by atoms with Crippen LogP contribution in [0.2, 0.25) is 0 Å². The lowest BCUT2D eigenvalue weighted by Crippen LogP contribution is -2.48. The molecule has 1 N–H and O–H groups in total. The molecule has 1 aromatic heterocycles. The Balaban J connectivity index is 2.31. The lowest BCUT2D eigenvalue weighted by molar-refractivity contribution is -0.680. The number of alkyl carbamates (subject to hydrolysis) is 1. The van der Waals surface area contributed by atoms with Crippen molar-refractivity contribution in [1.82, 2.24) is 5.32 Å². The van der Waals surface area contributed by atoms with E-state index in [4.69, 9.17) is 18.9 Å². The average Bonchev–Trinajstić information content (AvgIpc) is 3.10. The van der Waals surface area contributed by atoms with Gasteiger partial charge in [-0.2, -0.15) is 4.57 Å². The lowest BCUT2D eigenvalue weighted by Gasteiger charge is -2.29. The van der Waals surface area contributed by atoms with Crippen LogP contribution in [-0.4, -0.2) is 47.5 Å². The van der Waals surface area contributed by atoms with E-state index in [2.05, 4.69) is 5.32 Å². The number of hydrogen-bond acceptors (Lipinski definition) is 7. The van der Waals surface area contributed by atoms with Gasteiger partial charge in [0.1, 0.15) is 22.8 Å². The molecule has 0 saturated heterocycles. The zero-order valence-electron chi connectivity index (χ0n) is 22.5. The minimum Gasteiger partial charge on any atom is -0.460 e. The maximum Gasteiger partial charge on any atom is 0.408 e. The Kier molecular flexibility index (Phi) is 8.79. The van der Waals surface area contributed by atoms with Gasteiger partial charge in [-0.05, 0) is 81.2 Å². The van der Waals surface area contributed by atoms with Gasteiger partial charge in [0.2, 0.25) is 0 Å². The molecule has 0 saturated carbocycles. The summed E-state index contributed by atoms with van der Waals surface area (Å²) in [5.74, 6) is -1.06. The molecule has 9 nitrogen and oxygen atoms in total. The van der Waals surface area contributed by atoms with Crippen LogP contribution < -0.4 is 14.6 Å². The maximum atomic E-state index is 13.2. The van der Waals surface area contributed by atoms with Gasteiger partial charge < -0.3 is 24.3 Å². The zero-order chi connectivity index (χ0) is 26.6. The summed E-state index contributed by atoms with van der Waals surface area (Å²) in [4.78, 5) is 38.8. The van der Waals surface area contributed by atoms with Crippen LogP contribution in [0.15, 0.2) is 18.3 Å². The molecule has 0 spiro atoms. The smallest absolute Gasteiger partial charge is 0.408 e. The monoisotopic (exact) mass is 493 g/mol. The molecule has 196 valence electrons. The fraction of sp³-hybridized carbons (Fsp3) is 0.692. The summed E-state index contributed by atoms with van der Waals surface area (Å²) >= 11 is 0. The van der Waals surface area contributed by atoms with E-state index in [1.165, 1.54) is 0 Å². The second-order valence-electron chi connectivity index (χ2n) is 11.8. The van der Waals surface area contributed by atoms with Crippen molar-refractivity contribution in [2.75, 3.05) is 6.61 Å². The Bertz CT molecular complexity index is 923. The van der Waals surface area contributed by atoms with Gasteiger partial charge in [0, 0.05) is 5.56 Å². The molecule has 0 fully saturated rings. The van der Waals surface area contributed by atoms with Crippen molar-refractivity contribution >= 4 is 18.0 Å². The SMILES string of the molecule is CC(C)(C)OC(=O)N[C@@H](C[C@H](Cc1ccc2[n+](c1)CCO2)C(=O)OC(C)(C)C)C(=O)OC(C)(C)C. The van der Waals surface area contributed by atoms with Crippen LogP contribution in [0, 0.1) is 5.92 Å². The van der Waals surface area contributed by atoms with Crippen LogP contribution >= 0.6 is 0 Å². The summed E-state index contributed by atoms with van der Waals surface area (Å²) < 4.78 is 24.1. The topological polar surface area (TPSA) is 104 Å². The molecule has 1 amide bonds. The number of aromatic nitrogens is 1. The standard InChI is InChI=1S/C26H40N2O7/c1-24(2,3)33-21(29)18(14-17-10-11-20-28(16-17)12-13-32-20)15-19(22(30)34-25(4,5)6)27-23(31)35-26(7,8)9/h10-11,16,18-19H,12-15H2,1-9H3/p+1/t18-,19-/m0/s1. The van der Waals surface area contributed by atoms with E-state index < -0.39 is 46.8 Å². The van der Waals surface area contributed by atoms with Gasteiger partial charge in [-0.3, -0.25) is 4.79 Å². The fourth-order valence-corrected chi connectivity index (χ4v) is 3.51. The molecule has 2 atom stereocenters. The first kappa shape index (κ1) is 28.4. The average molecular weight is 494 g/mol. The molecule has 0 bridgehead atoms. The quantitative estimate of drug-likeness (QED) is 0.352. The highest BCUT2D eigenvalue weighted by Crippen LogP contribution is 2.23. The molecule has 1 aliphatic rings. The van der Waals surface area contributed by atoms with Crippen LogP contribution in [0.4, 0.5) is 4.79 Å². The van der Waals surface area contributed by atoms with Crippen molar-refractivity contribution in [2.45, 2.75) is 105 Å². The Morgan fingerprint density at radius 1 is 0.914 bits per heavy atom. The highest BCUT2D eigenvalue weighted by molar-refractivity contribution is 5.83. The van der Waals surface area contributed by atoms with E-state index in [-0.39, 0.29) is 6.42 Å². The molecule has 2 rings (SSSR count). The normalized spacial score (nSPS) is 15.3.